The minimum atomic E-state index is 0.636. The lowest BCUT2D eigenvalue weighted by Gasteiger charge is -1.97. The van der Waals surface area contributed by atoms with Gasteiger partial charge in [0, 0.05) is 0 Å². The van der Waals surface area contributed by atoms with Gasteiger partial charge in [-0.1, -0.05) is 24.3 Å². The van der Waals surface area contributed by atoms with Crippen LogP contribution in [-0.2, 0) is 0 Å². The van der Waals surface area contributed by atoms with Gasteiger partial charge in [-0.05, 0) is 24.7 Å². The Balaban J connectivity index is 2.26. The van der Waals surface area contributed by atoms with E-state index in [1.54, 1.807) is 0 Å². The molecule has 1 spiro atoms. The molecule has 0 aliphatic heterocycles. The molecule has 0 aromatic carbocycles. The molecule has 0 heterocycles. The van der Waals surface area contributed by atoms with E-state index < -0.39 is 0 Å². The Morgan fingerprint density at radius 1 is 1.50 bits per heavy atom. The molecule has 1 saturated carbocycles. The van der Waals surface area contributed by atoms with Gasteiger partial charge in [-0.15, -0.1) is 0 Å². The van der Waals surface area contributed by atoms with Gasteiger partial charge in [-0.25, -0.2) is 0 Å². The maximum absolute atomic E-state index is 3.90. The van der Waals surface area contributed by atoms with E-state index in [1.807, 2.05) is 0 Å². The van der Waals surface area contributed by atoms with Gasteiger partial charge in [0.25, 0.3) is 0 Å². The highest BCUT2D eigenvalue weighted by Gasteiger charge is 2.42. The first-order valence-electron chi connectivity index (χ1n) is 3.18. The lowest BCUT2D eigenvalue weighted by atomic mass is 10.1. The van der Waals surface area contributed by atoms with Crippen LogP contribution >= 0.6 is 0 Å². The first kappa shape index (κ1) is 4.37. The summed E-state index contributed by atoms with van der Waals surface area (Å²) >= 11 is 0. The summed E-state index contributed by atoms with van der Waals surface area (Å²) in [6.45, 7) is 3.90. The summed E-state index contributed by atoms with van der Waals surface area (Å²) in [5.74, 6) is 0. The second-order valence-corrected chi connectivity index (χ2v) is 3.03. The quantitative estimate of drug-likeness (QED) is 0.444. The van der Waals surface area contributed by atoms with E-state index in [0.29, 0.717) is 5.41 Å². The maximum Gasteiger partial charge on any atom is -0.00742 e. The lowest BCUT2D eigenvalue weighted by Crippen LogP contribution is -1.86. The van der Waals surface area contributed by atoms with Crippen molar-refractivity contribution in [3.05, 3.63) is 24.3 Å². The van der Waals surface area contributed by atoms with Crippen LogP contribution in [0.3, 0.4) is 0 Å². The molecular formula is C8H10. The van der Waals surface area contributed by atoms with Crippen molar-refractivity contribution in [2.24, 2.45) is 5.41 Å². The first-order chi connectivity index (χ1) is 3.81. The average molecular weight is 106 g/mol. The fourth-order valence-electron chi connectivity index (χ4n) is 1.37. The first-order valence-corrected chi connectivity index (χ1v) is 3.18. The summed E-state index contributed by atoms with van der Waals surface area (Å²) in [4.78, 5) is 0. The molecule has 0 radical (unpaired) electrons. The molecule has 8 heavy (non-hydrogen) atoms. The normalized spacial score (nSPS) is 29.8. The van der Waals surface area contributed by atoms with Gasteiger partial charge in [0.2, 0.25) is 0 Å². The van der Waals surface area contributed by atoms with Gasteiger partial charge in [-0.3, -0.25) is 0 Å². The summed E-state index contributed by atoms with van der Waals surface area (Å²) in [6.07, 6.45) is 8.56. The molecule has 0 bridgehead atoms. The molecule has 0 N–H and O–H groups in total. The molecule has 0 unspecified atom stereocenters. The van der Waals surface area contributed by atoms with Crippen molar-refractivity contribution in [2.45, 2.75) is 19.3 Å². The molecule has 2 rings (SSSR count). The molecular weight excluding hydrogens is 96.1 g/mol. The standard InChI is InChI=1S/C8H10/c1-7-2-3-8(6-7)4-5-8/h2-3H,1,4-6H2. The van der Waals surface area contributed by atoms with Crippen LogP contribution in [0.15, 0.2) is 24.3 Å². The van der Waals surface area contributed by atoms with E-state index in [0.717, 1.165) is 0 Å². The van der Waals surface area contributed by atoms with Crippen molar-refractivity contribution in [1.29, 1.82) is 0 Å². The molecule has 0 nitrogen and oxygen atoms in total. The fraction of sp³-hybridized carbons (Fsp3) is 0.500. The molecule has 2 aliphatic rings. The summed E-state index contributed by atoms with van der Waals surface area (Å²) < 4.78 is 0. The molecule has 1 fully saturated rings. The van der Waals surface area contributed by atoms with Crippen molar-refractivity contribution in [3.8, 4) is 0 Å². The van der Waals surface area contributed by atoms with Crippen LogP contribution in [-0.4, -0.2) is 0 Å². The van der Waals surface area contributed by atoms with Gasteiger partial charge in [0.15, 0.2) is 0 Å². The topological polar surface area (TPSA) is 0 Å². The van der Waals surface area contributed by atoms with E-state index in [-0.39, 0.29) is 0 Å². The third-order valence-corrected chi connectivity index (χ3v) is 2.14. The number of rotatable bonds is 0. The predicted octanol–water partition coefficient (Wildman–Crippen LogP) is 2.28. The zero-order valence-electron chi connectivity index (χ0n) is 4.98. The van der Waals surface area contributed by atoms with Crippen LogP contribution in [0.4, 0.5) is 0 Å². The van der Waals surface area contributed by atoms with E-state index >= 15 is 0 Å². The minimum Gasteiger partial charge on any atom is -0.0958 e. The number of allylic oxidation sites excluding steroid dienone is 3. The van der Waals surface area contributed by atoms with E-state index in [4.69, 9.17) is 0 Å². The SMILES string of the molecule is C=C1C=CC2(CC2)C1. The second kappa shape index (κ2) is 1.07. The molecule has 0 aromatic rings. The summed E-state index contributed by atoms with van der Waals surface area (Å²) in [7, 11) is 0. The van der Waals surface area contributed by atoms with E-state index in [2.05, 4.69) is 18.7 Å². The number of hydrogen-bond donors (Lipinski definition) is 0. The van der Waals surface area contributed by atoms with Crippen LogP contribution in [0.1, 0.15) is 19.3 Å². The largest absolute Gasteiger partial charge is 0.0958 e. The molecule has 0 saturated heterocycles. The Hall–Kier alpha value is -0.520. The van der Waals surface area contributed by atoms with E-state index in [9.17, 15) is 0 Å². The molecule has 0 atom stereocenters. The van der Waals surface area contributed by atoms with Crippen LogP contribution in [0.25, 0.3) is 0 Å². The predicted molar refractivity (Wildman–Crippen MR) is 34.6 cm³/mol. The highest BCUT2D eigenvalue weighted by molar-refractivity contribution is 5.31. The lowest BCUT2D eigenvalue weighted by molar-refractivity contribution is 0.681. The van der Waals surface area contributed by atoms with Gasteiger partial charge in [0.1, 0.15) is 0 Å². The zero-order valence-corrected chi connectivity index (χ0v) is 4.98. The van der Waals surface area contributed by atoms with Gasteiger partial charge < -0.3 is 0 Å². The zero-order chi connectivity index (χ0) is 5.61. The van der Waals surface area contributed by atoms with Crippen molar-refractivity contribution in [2.75, 3.05) is 0 Å². The number of hydrogen-bond acceptors (Lipinski definition) is 0. The highest BCUT2D eigenvalue weighted by Crippen LogP contribution is 2.55. The third kappa shape index (κ3) is 0.459. The van der Waals surface area contributed by atoms with Crippen LogP contribution in [0.2, 0.25) is 0 Å². The second-order valence-electron chi connectivity index (χ2n) is 3.03. The smallest absolute Gasteiger partial charge is 0.00742 e. The monoisotopic (exact) mass is 106 g/mol. The van der Waals surface area contributed by atoms with Crippen molar-refractivity contribution < 1.29 is 0 Å². The Kier molecular flexibility index (Phi) is 0.585. The van der Waals surface area contributed by atoms with E-state index in [1.165, 1.54) is 24.8 Å². The van der Waals surface area contributed by atoms with Crippen molar-refractivity contribution in [3.63, 3.8) is 0 Å². The molecule has 42 valence electrons. The molecule has 2 aliphatic carbocycles. The Bertz CT molecular complexity index is 159. The Morgan fingerprint density at radius 2 is 2.25 bits per heavy atom. The fourth-order valence-corrected chi connectivity index (χ4v) is 1.37. The van der Waals surface area contributed by atoms with Crippen molar-refractivity contribution >= 4 is 0 Å². The Morgan fingerprint density at radius 3 is 2.50 bits per heavy atom. The Labute approximate surface area is 49.9 Å². The maximum atomic E-state index is 3.90. The molecule has 0 heteroatoms. The van der Waals surface area contributed by atoms with Gasteiger partial charge in [-0.2, -0.15) is 0 Å². The molecule has 0 aromatic heterocycles. The van der Waals surface area contributed by atoms with Crippen LogP contribution in [0.5, 0.6) is 0 Å². The third-order valence-electron chi connectivity index (χ3n) is 2.14. The minimum absolute atomic E-state index is 0.636. The summed E-state index contributed by atoms with van der Waals surface area (Å²) in [5.41, 5.74) is 1.96. The summed E-state index contributed by atoms with van der Waals surface area (Å²) in [6, 6.07) is 0. The van der Waals surface area contributed by atoms with Gasteiger partial charge >= 0.3 is 0 Å². The average Bonchev–Trinajstić information content (AvgIpc) is 2.34. The highest BCUT2D eigenvalue weighted by atomic mass is 14.5. The van der Waals surface area contributed by atoms with Crippen LogP contribution < -0.4 is 0 Å². The van der Waals surface area contributed by atoms with Gasteiger partial charge in [0.05, 0.1) is 0 Å². The van der Waals surface area contributed by atoms with Crippen LogP contribution in [0, 0.1) is 5.41 Å². The molecule has 0 amide bonds. The van der Waals surface area contributed by atoms with Crippen molar-refractivity contribution in [1.82, 2.24) is 0 Å². The summed E-state index contributed by atoms with van der Waals surface area (Å²) in [5, 5.41) is 0.